The first-order chi connectivity index (χ1) is 13.1. The molecule has 0 saturated carbocycles. The molecule has 144 valence electrons. The van der Waals surface area contributed by atoms with E-state index < -0.39 is 0 Å². The maximum Gasteiger partial charge on any atom is 0.255 e. The van der Waals surface area contributed by atoms with Gasteiger partial charge in [-0.3, -0.25) is 14.3 Å². The molecule has 0 fully saturated rings. The topological polar surface area (TPSA) is 76.5 Å². The number of rotatable bonds is 2. The molecule has 1 aromatic heterocycles. The Labute approximate surface area is 163 Å². The predicted octanol–water partition coefficient (Wildman–Crippen LogP) is 2.36. The number of nitrogens with zero attached hydrogens (tertiary/aromatic N) is 3. The van der Waals surface area contributed by atoms with Gasteiger partial charge < -0.3 is 15.0 Å². The molecular formula is C19H23ClN4O3. The summed E-state index contributed by atoms with van der Waals surface area (Å²) in [7, 11) is 0. The Morgan fingerprint density at radius 2 is 2.11 bits per heavy atom. The second-order valence-corrected chi connectivity index (χ2v) is 6.83. The summed E-state index contributed by atoms with van der Waals surface area (Å²) >= 11 is 6.02. The third-order valence-electron chi connectivity index (χ3n) is 4.37. The lowest BCUT2D eigenvalue weighted by Crippen LogP contribution is -2.36. The number of hydrogen-bond acceptors (Lipinski definition) is 4. The van der Waals surface area contributed by atoms with E-state index in [0.717, 1.165) is 12.8 Å². The van der Waals surface area contributed by atoms with Crippen LogP contribution in [0.4, 0.5) is 0 Å². The second-order valence-electron chi connectivity index (χ2n) is 6.39. The molecule has 0 unspecified atom stereocenters. The molecule has 7 nitrogen and oxygen atoms in total. The number of carbonyl (C=O) groups is 2. The maximum atomic E-state index is 12.6. The van der Waals surface area contributed by atoms with E-state index in [1.165, 1.54) is 0 Å². The molecule has 0 radical (unpaired) electrons. The predicted molar refractivity (Wildman–Crippen MR) is 102 cm³/mol. The fourth-order valence-electron chi connectivity index (χ4n) is 2.96. The molecule has 0 aliphatic carbocycles. The van der Waals surface area contributed by atoms with Crippen molar-refractivity contribution in [2.45, 2.75) is 25.8 Å². The zero-order valence-corrected chi connectivity index (χ0v) is 15.8. The van der Waals surface area contributed by atoms with Gasteiger partial charge >= 0.3 is 0 Å². The first-order valence-electron chi connectivity index (χ1n) is 9.09. The number of halogens is 1. The molecule has 0 spiro atoms. The molecule has 0 bridgehead atoms. The van der Waals surface area contributed by atoms with Crippen molar-refractivity contribution in [3.05, 3.63) is 47.2 Å². The standard InChI is InChI=1S/C19H23ClN4O3/c20-15-5-6-17-16(13-15)19(26)21-7-1-2-9-23(10-4-12-27-17)18(25)14-24-11-3-8-22-24/h3,5-6,8,11,13H,1-2,4,7,9-10,12,14H2,(H,21,26). The average Bonchev–Trinajstić information content (AvgIpc) is 3.16. The first-order valence-corrected chi connectivity index (χ1v) is 9.47. The van der Waals surface area contributed by atoms with E-state index in [4.69, 9.17) is 16.3 Å². The minimum absolute atomic E-state index is 0.0322. The number of aromatic nitrogens is 2. The van der Waals surface area contributed by atoms with Crippen LogP contribution < -0.4 is 10.1 Å². The monoisotopic (exact) mass is 390 g/mol. The molecular weight excluding hydrogens is 368 g/mol. The lowest BCUT2D eigenvalue weighted by Gasteiger charge is -2.22. The number of carbonyl (C=O) groups excluding carboxylic acids is 2. The molecule has 8 heteroatoms. The van der Waals surface area contributed by atoms with E-state index in [-0.39, 0.29) is 18.4 Å². The van der Waals surface area contributed by atoms with Crippen LogP contribution in [0.25, 0.3) is 0 Å². The molecule has 3 rings (SSSR count). The Balaban J connectivity index is 1.65. The summed E-state index contributed by atoms with van der Waals surface area (Å²) in [6.45, 7) is 2.42. The van der Waals surface area contributed by atoms with Crippen molar-refractivity contribution in [1.82, 2.24) is 20.0 Å². The number of benzene rings is 1. The minimum atomic E-state index is -0.196. The van der Waals surface area contributed by atoms with Gasteiger partial charge in [-0.25, -0.2) is 0 Å². The van der Waals surface area contributed by atoms with Crippen LogP contribution in [0.2, 0.25) is 5.02 Å². The van der Waals surface area contributed by atoms with Crippen LogP contribution >= 0.6 is 11.6 Å². The minimum Gasteiger partial charge on any atom is -0.493 e. The van der Waals surface area contributed by atoms with Gasteiger partial charge in [-0.15, -0.1) is 0 Å². The van der Waals surface area contributed by atoms with E-state index in [1.54, 1.807) is 41.3 Å². The quantitative estimate of drug-likeness (QED) is 0.854. The van der Waals surface area contributed by atoms with Gasteiger partial charge in [-0.2, -0.15) is 5.10 Å². The van der Waals surface area contributed by atoms with Crippen molar-refractivity contribution in [1.29, 1.82) is 0 Å². The Kier molecular flexibility index (Phi) is 6.70. The summed E-state index contributed by atoms with van der Waals surface area (Å²) in [6, 6.07) is 6.82. The van der Waals surface area contributed by atoms with Gasteiger partial charge in [0.25, 0.3) is 5.91 Å². The Bertz CT molecular complexity index is 779. The normalized spacial score (nSPS) is 16.2. The van der Waals surface area contributed by atoms with E-state index in [1.807, 2.05) is 4.90 Å². The van der Waals surface area contributed by atoms with E-state index >= 15 is 0 Å². The van der Waals surface area contributed by atoms with Crippen molar-refractivity contribution < 1.29 is 14.3 Å². The number of amides is 2. The van der Waals surface area contributed by atoms with Gasteiger partial charge in [0, 0.05) is 37.1 Å². The highest BCUT2D eigenvalue weighted by Crippen LogP contribution is 2.23. The van der Waals surface area contributed by atoms with E-state index in [9.17, 15) is 9.59 Å². The Hall–Kier alpha value is -2.54. The van der Waals surface area contributed by atoms with E-state index in [0.29, 0.717) is 49.0 Å². The van der Waals surface area contributed by atoms with Gasteiger partial charge in [0.05, 0.1) is 12.2 Å². The highest BCUT2D eigenvalue weighted by atomic mass is 35.5. The van der Waals surface area contributed by atoms with Gasteiger partial charge in [0.15, 0.2) is 0 Å². The number of ether oxygens (including phenoxy) is 1. The molecule has 1 aliphatic rings. The smallest absolute Gasteiger partial charge is 0.255 e. The molecule has 2 aromatic rings. The van der Waals surface area contributed by atoms with Crippen LogP contribution in [0.3, 0.4) is 0 Å². The van der Waals surface area contributed by atoms with Crippen LogP contribution in [0.1, 0.15) is 29.6 Å². The van der Waals surface area contributed by atoms with Crippen molar-refractivity contribution in [2.24, 2.45) is 0 Å². The third kappa shape index (κ3) is 5.47. The summed E-state index contributed by atoms with van der Waals surface area (Å²) in [6.07, 6.45) is 5.71. The third-order valence-corrected chi connectivity index (χ3v) is 4.60. The Morgan fingerprint density at radius 1 is 1.26 bits per heavy atom. The fraction of sp³-hybridized carbons (Fsp3) is 0.421. The molecule has 2 heterocycles. The summed E-state index contributed by atoms with van der Waals surface area (Å²) in [4.78, 5) is 26.8. The number of hydrogen-bond donors (Lipinski definition) is 1. The zero-order valence-electron chi connectivity index (χ0n) is 15.1. The van der Waals surface area contributed by atoms with Crippen molar-refractivity contribution in [2.75, 3.05) is 26.2 Å². The zero-order chi connectivity index (χ0) is 19.1. The van der Waals surface area contributed by atoms with Crippen LogP contribution in [0, 0.1) is 0 Å². The number of nitrogens with one attached hydrogen (secondary N) is 1. The highest BCUT2D eigenvalue weighted by molar-refractivity contribution is 6.31. The average molecular weight is 391 g/mol. The summed E-state index contributed by atoms with van der Waals surface area (Å²) in [5.41, 5.74) is 0.438. The van der Waals surface area contributed by atoms with Crippen LogP contribution in [-0.4, -0.2) is 52.7 Å². The summed E-state index contributed by atoms with van der Waals surface area (Å²) < 4.78 is 7.41. The van der Waals surface area contributed by atoms with Crippen molar-refractivity contribution in [3.8, 4) is 5.75 Å². The second kappa shape index (κ2) is 9.41. The molecule has 1 aromatic carbocycles. The molecule has 2 amide bonds. The van der Waals surface area contributed by atoms with Crippen LogP contribution in [0.5, 0.6) is 5.75 Å². The van der Waals surface area contributed by atoms with Crippen molar-refractivity contribution >= 4 is 23.4 Å². The summed E-state index contributed by atoms with van der Waals surface area (Å²) in [5.74, 6) is 0.341. The fourth-order valence-corrected chi connectivity index (χ4v) is 3.13. The Morgan fingerprint density at radius 3 is 2.93 bits per heavy atom. The maximum absolute atomic E-state index is 12.6. The summed E-state index contributed by atoms with van der Waals surface area (Å²) in [5, 5.41) is 7.48. The SMILES string of the molecule is O=C1NCCCCN(C(=O)Cn2cccn2)CCCOc2ccc(Cl)cc21. The highest BCUT2D eigenvalue weighted by Gasteiger charge is 2.17. The molecule has 0 saturated heterocycles. The number of fused-ring (bicyclic) bond motifs is 1. The molecule has 0 atom stereocenters. The van der Waals surface area contributed by atoms with Gasteiger partial charge in [0.2, 0.25) is 5.91 Å². The van der Waals surface area contributed by atoms with Gasteiger partial charge in [-0.05, 0) is 43.5 Å². The molecule has 1 N–H and O–H groups in total. The largest absolute Gasteiger partial charge is 0.493 e. The molecule has 1 aliphatic heterocycles. The van der Waals surface area contributed by atoms with Crippen molar-refractivity contribution in [3.63, 3.8) is 0 Å². The van der Waals surface area contributed by atoms with Gasteiger partial charge in [-0.1, -0.05) is 11.6 Å². The first kappa shape index (κ1) is 19.2. The lowest BCUT2D eigenvalue weighted by molar-refractivity contribution is -0.132. The van der Waals surface area contributed by atoms with Crippen LogP contribution in [-0.2, 0) is 11.3 Å². The van der Waals surface area contributed by atoms with Crippen LogP contribution in [0.15, 0.2) is 36.7 Å². The molecule has 27 heavy (non-hydrogen) atoms. The van der Waals surface area contributed by atoms with Gasteiger partial charge in [0.1, 0.15) is 12.3 Å². The lowest BCUT2D eigenvalue weighted by atomic mass is 10.2. The van der Waals surface area contributed by atoms with E-state index in [2.05, 4.69) is 10.4 Å².